The second-order valence-corrected chi connectivity index (χ2v) is 5.64. The van der Waals surface area contributed by atoms with Crippen LogP contribution < -0.4 is 10.6 Å². The third kappa shape index (κ3) is 5.15. The van der Waals surface area contributed by atoms with Crippen molar-refractivity contribution in [3.63, 3.8) is 0 Å². The molecule has 0 aliphatic carbocycles. The van der Waals surface area contributed by atoms with Gasteiger partial charge in [0.25, 0.3) is 0 Å². The fraction of sp³-hybridized carbons (Fsp3) is 0.176. The van der Waals surface area contributed by atoms with E-state index < -0.39 is 0 Å². The van der Waals surface area contributed by atoms with E-state index in [-0.39, 0.29) is 18.4 Å². The molecule has 1 amide bonds. The summed E-state index contributed by atoms with van der Waals surface area (Å²) < 4.78 is 4.91. The Balaban J connectivity index is 1.87. The van der Waals surface area contributed by atoms with Crippen LogP contribution in [0, 0.1) is 0 Å². The summed E-state index contributed by atoms with van der Waals surface area (Å²) in [6, 6.07) is 11.5. The van der Waals surface area contributed by atoms with E-state index in [4.69, 9.17) is 27.9 Å². The quantitative estimate of drug-likeness (QED) is 0.751. The first-order chi connectivity index (χ1) is 11.5. The topological polar surface area (TPSA) is 67.4 Å². The number of hydrogen-bond donors (Lipinski definition) is 2. The first-order valence-electron chi connectivity index (χ1n) is 7.25. The summed E-state index contributed by atoms with van der Waals surface area (Å²) in [6.07, 6.45) is 0. The molecule has 0 unspecified atom stereocenters. The highest BCUT2D eigenvalue weighted by atomic mass is 35.5. The summed E-state index contributed by atoms with van der Waals surface area (Å²) in [7, 11) is 0. The number of ether oxygens (including phenoxy) is 1. The highest BCUT2D eigenvalue weighted by molar-refractivity contribution is 6.42. The van der Waals surface area contributed by atoms with Crippen LogP contribution in [0.15, 0.2) is 42.5 Å². The minimum atomic E-state index is -0.374. The second kappa shape index (κ2) is 8.57. The highest BCUT2D eigenvalue weighted by Crippen LogP contribution is 2.24. The molecule has 2 aromatic carbocycles. The largest absolute Gasteiger partial charge is 0.462 e. The Hall–Kier alpha value is -2.24. The van der Waals surface area contributed by atoms with E-state index in [9.17, 15) is 9.59 Å². The standard InChI is InChI=1S/C17H16Cl2N2O3/c1-2-24-17(23)11-3-5-12(6-4-11)20-10-16(22)21-13-7-8-14(18)15(19)9-13/h3-9,20H,2,10H2,1H3,(H,21,22). The van der Waals surface area contributed by atoms with Crippen LogP contribution in [0.1, 0.15) is 17.3 Å². The highest BCUT2D eigenvalue weighted by Gasteiger charge is 2.07. The maximum Gasteiger partial charge on any atom is 0.338 e. The Morgan fingerprint density at radius 2 is 1.67 bits per heavy atom. The molecule has 7 heteroatoms. The van der Waals surface area contributed by atoms with Crippen molar-refractivity contribution < 1.29 is 14.3 Å². The van der Waals surface area contributed by atoms with Crippen LogP contribution in [0.25, 0.3) is 0 Å². The molecule has 2 rings (SSSR count). The van der Waals surface area contributed by atoms with Gasteiger partial charge in [0.1, 0.15) is 0 Å². The van der Waals surface area contributed by atoms with Gasteiger partial charge in [0.15, 0.2) is 0 Å². The van der Waals surface area contributed by atoms with Gasteiger partial charge in [-0.2, -0.15) is 0 Å². The molecule has 2 aromatic rings. The van der Waals surface area contributed by atoms with Crippen molar-refractivity contribution in [2.45, 2.75) is 6.92 Å². The molecule has 0 aliphatic heterocycles. The maximum absolute atomic E-state index is 11.9. The van der Waals surface area contributed by atoms with Crippen LogP contribution in [-0.4, -0.2) is 25.0 Å². The zero-order valence-corrected chi connectivity index (χ0v) is 14.4. The number of carbonyl (C=O) groups excluding carboxylic acids is 2. The lowest BCUT2D eigenvalue weighted by Crippen LogP contribution is -2.21. The molecule has 0 bridgehead atoms. The minimum Gasteiger partial charge on any atom is -0.462 e. The van der Waals surface area contributed by atoms with Crippen LogP contribution in [0.2, 0.25) is 10.0 Å². The number of hydrogen-bond acceptors (Lipinski definition) is 4. The Bertz CT molecular complexity index is 733. The summed E-state index contributed by atoms with van der Waals surface area (Å²) in [6.45, 7) is 2.15. The fourth-order valence-corrected chi connectivity index (χ4v) is 2.20. The van der Waals surface area contributed by atoms with Gasteiger partial charge in [0.05, 0.1) is 28.8 Å². The molecular weight excluding hydrogens is 351 g/mol. The van der Waals surface area contributed by atoms with Crippen LogP contribution in [0.3, 0.4) is 0 Å². The lowest BCUT2D eigenvalue weighted by Gasteiger charge is -2.09. The third-order valence-corrected chi connectivity index (χ3v) is 3.79. The molecule has 0 atom stereocenters. The van der Waals surface area contributed by atoms with Gasteiger partial charge >= 0.3 is 5.97 Å². The van der Waals surface area contributed by atoms with Gasteiger partial charge in [-0.05, 0) is 49.4 Å². The van der Waals surface area contributed by atoms with Gasteiger partial charge in [0, 0.05) is 11.4 Å². The summed E-state index contributed by atoms with van der Waals surface area (Å²) in [5, 5.41) is 6.47. The number of benzene rings is 2. The normalized spacial score (nSPS) is 10.1. The van der Waals surface area contributed by atoms with Gasteiger partial charge in [-0.25, -0.2) is 4.79 Å². The van der Waals surface area contributed by atoms with E-state index in [0.29, 0.717) is 33.6 Å². The summed E-state index contributed by atoms with van der Waals surface area (Å²) >= 11 is 11.7. The predicted molar refractivity (Wildman–Crippen MR) is 96.0 cm³/mol. The molecule has 5 nitrogen and oxygen atoms in total. The molecule has 0 aromatic heterocycles. The molecule has 0 saturated carbocycles. The molecule has 0 aliphatic rings. The fourth-order valence-electron chi connectivity index (χ4n) is 1.90. The van der Waals surface area contributed by atoms with E-state index in [0.717, 1.165) is 0 Å². The zero-order valence-electron chi connectivity index (χ0n) is 12.9. The number of anilines is 2. The molecule has 24 heavy (non-hydrogen) atoms. The molecule has 0 heterocycles. The lowest BCUT2D eigenvalue weighted by atomic mass is 10.2. The summed E-state index contributed by atoms with van der Waals surface area (Å²) in [4.78, 5) is 23.5. The molecule has 2 N–H and O–H groups in total. The van der Waals surface area contributed by atoms with Crippen molar-refractivity contribution >= 4 is 46.5 Å². The van der Waals surface area contributed by atoms with Crippen LogP contribution >= 0.6 is 23.2 Å². The lowest BCUT2D eigenvalue weighted by molar-refractivity contribution is -0.114. The molecule has 0 radical (unpaired) electrons. The van der Waals surface area contributed by atoms with Crippen LogP contribution in [-0.2, 0) is 9.53 Å². The Morgan fingerprint density at radius 3 is 2.29 bits per heavy atom. The third-order valence-electron chi connectivity index (χ3n) is 3.05. The van der Waals surface area contributed by atoms with Gasteiger partial charge in [-0.15, -0.1) is 0 Å². The van der Waals surface area contributed by atoms with E-state index in [1.54, 1.807) is 49.4 Å². The Kier molecular flexibility index (Phi) is 6.46. The summed E-state index contributed by atoms with van der Waals surface area (Å²) in [5.74, 6) is -0.607. The van der Waals surface area contributed by atoms with Crippen molar-refractivity contribution in [2.75, 3.05) is 23.8 Å². The minimum absolute atomic E-state index is 0.0685. The average molecular weight is 367 g/mol. The Morgan fingerprint density at radius 1 is 1.00 bits per heavy atom. The molecule has 0 fully saturated rings. The number of carbonyl (C=O) groups is 2. The first kappa shape index (κ1) is 18.1. The van der Waals surface area contributed by atoms with Crippen molar-refractivity contribution in [3.8, 4) is 0 Å². The van der Waals surface area contributed by atoms with E-state index in [2.05, 4.69) is 10.6 Å². The van der Waals surface area contributed by atoms with Crippen molar-refractivity contribution in [3.05, 3.63) is 58.1 Å². The number of halogens is 2. The smallest absolute Gasteiger partial charge is 0.338 e. The number of amides is 1. The van der Waals surface area contributed by atoms with Gasteiger partial charge in [-0.3, -0.25) is 4.79 Å². The maximum atomic E-state index is 11.9. The van der Waals surface area contributed by atoms with Gasteiger partial charge in [-0.1, -0.05) is 23.2 Å². The average Bonchev–Trinajstić information content (AvgIpc) is 2.57. The second-order valence-electron chi connectivity index (χ2n) is 4.83. The molecular formula is C17H16Cl2N2O3. The van der Waals surface area contributed by atoms with E-state index in [1.807, 2.05) is 0 Å². The van der Waals surface area contributed by atoms with Crippen LogP contribution in [0.5, 0.6) is 0 Å². The molecule has 0 spiro atoms. The van der Waals surface area contributed by atoms with E-state index >= 15 is 0 Å². The SMILES string of the molecule is CCOC(=O)c1ccc(NCC(=O)Nc2ccc(Cl)c(Cl)c2)cc1. The van der Waals surface area contributed by atoms with Crippen molar-refractivity contribution in [1.29, 1.82) is 0 Å². The van der Waals surface area contributed by atoms with Crippen molar-refractivity contribution in [2.24, 2.45) is 0 Å². The molecule has 126 valence electrons. The van der Waals surface area contributed by atoms with Crippen molar-refractivity contribution in [1.82, 2.24) is 0 Å². The number of esters is 1. The number of rotatable bonds is 6. The number of nitrogens with one attached hydrogen (secondary N) is 2. The Labute approximate surface area is 149 Å². The predicted octanol–water partition coefficient (Wildman–Crippen LogP) is 4.22. The monoisotopic (exact) mass is 366 g/mol. The first-order valence-corrected chi connectivity index (χ1v) is 8.01. The van der Waals surface area contributed by atoms with Gasteiger partial charge < -0.3 is 15.4 Å². The summed E-state index contributed by atoms with van der Waals surface area (Å²) in [5.41, 5.74) is 1.74. The van der Waals surface area contributed by atoms with Gasteiger partial charge in [0.2, 0.25) is 5.91 Å². The van der Waals surface area contributed by atoms with Crippen LogP contribution in [0.4, 0.5) is 11.4 Å². The zero-order chi connectivity index (χ0) is 17.5. The molecule has 0 saturated heterocycles. The van der Waals surface area contributed by atoms with E-state index in [1.165, 1.54) is 0 Å².